The summed E-state index contributed by atoms with van der Waals surface area (Å²) in [5.74, 6) is -0.200. The van der Waals surface area contributed by atoms with Crippen molar-refractivity contribution >= 4 is 39.2 Å². The van der Waals surface area contributed by atoms with Crippen molar-refractivity contribution in [3.8, 4) is 0 Å². The van der Waals surface area contributed by atoms with Crippen molar-refractivity contribution < 1.29 is 9.53 Å². The molecule has 2 rings (SSSR count). The lowest BCUT2D eigenvalue weighted by atomic mass is 10.2. The summed E-state index contributed by atoms with van der Waals surface area (Å²) in [5.41, 5.74) is 0.573. The van der Waals surface area contributed by atoms with Gasteiger partial charge in [-0.1, -0.05) is 12.1 Å². The fraction of sp³-hybridized carbons (Fsp3) is 0.429. The maximum atomic E-state index is 12.2. The molecule has 1 aliphatic rings. The molecule has 1 aliphatic heterocycles. The van der Waals surface area contributed by atoms with Crippen LogP contribution in [0.3, 0.4) is 0 Å². The quantitative estimate of drug-likeness (QED) is 0.785. The number of carbonyl (C=O) groups is 1. The number of halogens is 1. The van der Waals surface area contributed by atoms with Crippen molar-refractivity contribution in [2.75, 3.05) is 13.1 Å². The molecular weight excluding hydrogens is 340 g/mol. The molecule has 1 aromatic rings. The first-order valence-electron chi connectivity index (χ1n) is 6.47. The standard InChI is InChI=1S/C14H17BrN2O2S/c1-9-7-17(8-10(2)19-9)14(20)16-13(18)11-5-3-4-6-12(11)15/h3-6,9-10H,7-8H2,1-2H3,(H,16,18,20)/t9-,10+. The van der Waals surface area contributed by atoms with Crippen molar-refractivity contribution in [1.29, 1.82) is 0 Å². The highest BCUT2D eigenvalue weighted by Crippen LogP contribution is 2.16. The molecule has 0 aromatic heterocycles. The van der Waals surface area contributed by atoms with E-state index in [1.807, 2.05) is 36.9 Å². The Morgan fingerprint density at radius 1 is 1.35 bits per heavy atom. The van der Waals surface area contributed by atoms with Crippen molar-refractivity contribution in [2.24, 2.45) is 0 Å². The summed E-state index contributed by atoms with van der Waals surface area (Å²) in [5, 5.41) is 3.23. The van der Waals surface area contributed by atoms with Gasteiger partial charge in [0.1, 0.15) is 0 Å². The average Bonchev–Trinajstić information content (AvgIpc) is 2.37. The molecule has 1 fully saturated rings. The van der Waals surface area contributed by atoms with Crippen LogP contribution in [-0.2, 0) is 4.74 Å². The molecule has 0 radical (unpaired) electrons. The summed E-state index contributed by atoms with van der Waals surface area (Å²) in [6.07, 6.45) is 0.217. The van der Waals surface area contributed by atoms with Gasteiger partial charge in [-0.25, -0.2) is 0 Å². The highest BCUT2D eigenvalue weighted by Gasteiger charge is 2.25. The molecule has 2 atom stereocenters. The lowest BCUT2D eigenvalue weighted by molar-refractivity contribution is -0.0481. The van der Waals surface area contributed by atoms with E-state index in [0.717, 1.165) is 4.47 Å². The molecule has 20 heavy (non-hydrogen) atoms. The molecule has 1 saturated heterocycles. The fourth-order valence-corrected chi connectivity index (χ4v) is 2.94. The van der Waals surface area contributed by atoms with Gasteiger partial charge < -0.3 is 9.64 Å². The highest BCUT2D eigenvalue weighted by atomic mass is 79.9. The Hall–Kier alpha value is -0.980. The van der Waals surface area contributed by atoms with Crippen LogP contribution in [0, 0.1) is 0 Å². The summed E-state index contributed by atoms with van der Waals surface area (Å²) in [7, 11) is 0. The monoisotopic (exact) mass is 356 g/mol. The molecule has 0 spiro atoms. The highest BCUT2D eigenvalue weighted by molar-refractivity contribution is 9.10. The number of thiocarbonyl (C=S) groups is 1. The van der Waals surface area contributed by atoms with Crippen LogP contribution < -0.4 is 5.32 Å². The normalized spacial score (nSPS) is 22.4. The largest absolute Gasteiger partial charge is 0.372 e. The second kappa shape index (κ2) is 6.65. The lowest BCUT2D eigenvalue weighted by Crippen LogP contribution is -2.52. The van der Waals surface area contributed by atoms with Crippen LogP contribution in [0.25, 0.3) is 0 Å². The van der Waals surface area contributed by atoms with Gasteiger partial charge in [0.25, 0.3) is 5.91 Å². The van der Waals surface area contributed by atoms with E-state index < -0.39 is 0 Å². The maximum Gasteiger partial charge on any atom is 0.258 e. The third kappa shape index (κ3) is 3.77. The molecule has 108 valence electrons. The van der Waals surface area contributed by atoms with Crippen LogP contribution in [0.5, 0.6) is 0 Å². The zero-order valence-electron chi connectivity index (χ0n) is 11.4. The van der Waals surface area contributed by atoms with Crippen LogP contribution in [-0.4, -0.2) is 41.2 Å². The minimum atomic E-state index is -0.200. The zero-order valence-corrected chi connectivity index (χ0v) is 13.8. The summed E-state index contributed by atoms with van der Waals surface area (Å²) in [4.78, 5) is 14.2. The van der Waals surface area contributed by atoms with Gasteiger partial charge in [0, 0.05) is 17.6 Å². The van der Waals surface area contributed by atoms with Gasteiger partial charge in [0.15, 0.2) is 5.11 Å². The molecular formula is C14H17BrN2O2S. The van der Waals surface area contributed by atoms with Gasteiger partial charge >= 0.3 is 0 Å². The third-order valence-electron chi connectivity index (χ3n) is 3.05. The SMILES string of the molecule is C[C@@H]1CN(C(=S)NC(=O)c2ccccc2Br)C[C@H](C)O1. The Balaban J connectivity index is 2.01. The fourth-order valence-electron chi connectivity index (χ4n) is 2.23. The molecule has 1 aromatic carbocycles. The van der Waals surface area contributed by atoms with E-state index in [1.54, 1.807) is 6.07 Å². The number of ether oxygens (including phenoxy) is 1. The Bertz CT molecular complexity index is 514. The van der Waals surface area contributed by atoms with Gasteiger partial charge in [-0.05, 0) is 54.1 Å². The summed E-state index contributed by atoms with van der Waals surface area (Å²) in [6, 6.07) is 7.27. The Morgan fingerprint density at radius 2 is 1.95 bits per heavy atom. The maximum absolute atomic E-state index is 12.2. The topological polar surface area (TPSA) is 41.6 Å². The van der Waals surface area contributed by atoms with Crippen LogP contribution in [0.1, 0.15) is 24.2 Å². The first-order valence-corrected chi connectivity index (χ1v) is 7.67. The van der Waals surface area contributed by atoms with Crippen LogP contribution >= 0.6 is 28.1 Å². The smallest absolute Gasteiger partial charge is 0.258 e. The van der Waals surface area contributed by atoms with E-state index in [2.05, 4.69) is 21.2 Å². The Labute approximate surface area is 132 Å². The average molecular weight is 357 g/mol. The van der Waals surface area contributed by atoms with Gasteiger partial charge in [-0.3, -0.25) is 10.1 Å². The summed E-state index contributed by atoms with van der Waals surface area (Å²) in [6.45, 7) is 5.39. The number of benzene rings is 1. The second-order valence-electron chi connectivity index (χ2n) is 4.90. The zero-order chi connectivity index (χ0) is 14.7. The number of nitrogens with zero attached hydrogens (tertiary/aromatic N) is 1. The van der Waals surface area contributed by atoms with E-state index in [9.17, 15) is 4.79 Å². The number of carbonyl (C=O) groups excluding carboxylic acids is 1. The van der Waals surface area contributed by atoms with Crippen LogP contribution in [0.15, 0.2) is 28.7 Å². The molecule has 0 aliphatic carbocycles. The Kier molecular flexibility index (Phi) is 5.12. The predicted molar refractivity (Wildman–Crippen MR) is 85.8 cm³/mol. The van der Waals surface area contributed by atoms with Crippen molar-refractivity contribution in [3.05, 3.63) is 34.3 Å². The van der Waals surface area contributed by atoms with Gasteiger partial charge in [0.05, 0.1) is 17.8 Å². The van der Waals surface area contributed by atoms with Crippen molar-refractivity contribution in [2.45, 2.75) is 26.1 Å². The van der Waals surface area contributed by atoms with Crippen LogP contribution in [0.2, 0.25) is 0 Å². The van der Waals surface area contributed by atoms with Gasteiger partial charge in [-0.2, -0.15) is 0 Å². The summed E-state index contributed by atoms with van der Waals surface area (Å²) >= 11 is 8.69. The van der Waals surface area contributed by atoms with E-state index in [0.29, 0.717) is 23.8 Å². The molecule has 1 N–H and O–H groups in total. The number of rotatable bonds is 1. The number of amides is 1. The molecule has 0 bridgehead atoms. The molecule has 4 nitrogen and oxygen atoms in total. The molecule has 6 heteroatoms. The van der Waals surface area contributed by atoms with Crippen molar-refractivity contribution in [1.82, 2.24) is 10.2 Å². The predicted octanol–water partition coefficient (Wildman–Crippen LogP) is 2.57. The number of morpholine rings is 1. The molecule has 0 unspecified atom stereocenters. The second-order valence-corrected chi connectivity index (χ2v) is 6.14. The van der Waals surface area contributed by atoms with Gasteiger partial charge in [-0.15, -0.1) is 0 Å². The minimum absolute atomic E-state index is 0.108. The van der Waals surface area contributed by atoms with Crippen LogP contribution in [0.4, 0.5) is 0 Å². The van der Waals surface area contributed by atoms with Crippen molar-refractivity contribution in [3.63, 3.8) is 0 Å². The number of nitrogens with one attached hydrogen (secondary N) is 1. The van der Waals surface area contributed by atoms with E-state index in [1.165, 1.54) is 0 Å². The molecule has 0 saturated carbocycles. The summed E-state index contributed by atoms with van der Waals surface area (Å²) < 4.78 is 6.41. The van der Waals surface area contributed by atoms with E-state index in [4.69, 9.17) is 17.0 Å². The number of hydrogen-bond donors (Lipinski definition) is 1. The third-order valence-corrected chi connectivity index (χ3v) is 4.10. The van der Waals surface area contributed by atoms with E-state index in [-0.39, 0.29) is 18.1 Å². The first-order chi connectivity index (χ1) is 9.47. The molecule has 1 amide bonds. The molecule has 1 heterocycles. The first kappa shape index (κ1) is 15.4. The number of hydrogen-bond acceptors (Lipinski definition) is 3. The minimum Gasteiger partial charge on any atom is -0.372 e. The van der Waals surface area contributed by atoms with E-state index >= 15 is 0 Å². The Morgan fingerprint density at radius 3 is 2.55 bits per heavy atom. The lowest BCUT2D eigenvalue weighted by Gasteiger charge is -2.36. The van der Waals surface area contributed by atoms with Gasteiger partial charge in [0.2, 0.25) is 0 Å².